The van der Waals surface area contributed by atoms with Gasteiger partial charge in [-0.05, 0) is 56.3 Å². The molecule has 0 bridgehead atoms. The highest BCUT2D eigenvalue weighted by atomic mass is 16.2. The van der Waals surface area contributed by atoms with Gasteiger partial charge in [-0.15, -0.1) is 0 Å². The molecule has 0 aromatic heterocycles. The molecule has 3 rings (SSSR count). The number of likely N-dealkylation sites (tertiary alicyclic amines) is 1. The van der Waals surface area contributed by atoms with Gasteiger partial charge in [0.15, 0.2) is 0 Å². The molecule has 102 valence electrons. The van der Waals surface area contributed by atoms with Gasteiger partial charge in [0, 0.05) is 6.54 Å². The first-order valence-corrected chi connectivity index (χ1v) is 6.86. The lowest BCUT2D eigenvalue weighted by atomic mass is 10.0. The van der Waals surface area contributed by atoms with E-state index < -0.39 is 0 Å². The third-order valence-corrected chi connectivity index (χ3v) is 4.47. The Morgan fingerprint density at radius 3 is 2.79 bits per heavy atom. The van der Waals surface area contributed by atoms with E-state index in [2.05, 4.69) is 10.2 Å². The number of likely N-dealkylation sites (N-methyl/N-ethyl adjacent to an activating group) is 1. The van der Waals surface area contributed by atoms with Gasteiger partial charge in [-0.3, -0.25) is 9.69 Å². The lowest BCUT2D eigenvalue weighted by Crippen LogP contribution is -2.37. The number of carbonyl (C=O) groups is 1. The molecule has 2 fully saturated rings. The van der Waals surface area contributed by atoms with E-state index in [0.717, 1.165) is 24.2 Å². The number of rotatable bonds is 2. The molecule has 1 aromatic carbocycles. The molecule has 1 atom stereocenters. The molecule has 1 aliphatic heterocycles. The molecule has 1 saturated carbocycles. The Bertz CT molecular complexity index is 522. The van der Waals surface area contributed by atoms with Crippen molar-refractivity contribution in [2.75, 3.05) is 24.6 Å². The highest BCUT2D eigenvalue weighted by Gasteiger charge is 2.52. The van der Waals surface area contributed by atoms with E-state index in [1.807, 2.05) is 32.2 Å². The van der Waals surface area contributed by atoms with Crippen LogP contribution in [0, 0.1) is 12.3 Å². The van der Waals surface area contributed by atoms with Gasteiger partial charge in [0.05, 0.1) is 17.4 Å². The average Bonchev–Trinajstić information content (AvgIpc) is 3.00. The summed E-state index contributed by atoms with van der Waals surface area (Å²) in [5.74, 6) is 0.0711. The maximum Gasteiger partial charge on any atom is 0.241 e. The monoisotopic (exact) mass is 259 g/mol. The third-order valence-electron chi connectivity index (χ3n) is 4.47. The molecule has 1 amide bonds. The van der Waals surface area contributed by atoms with Gasteiger partial charge in [0.1, 0.15) is 0 Å². The zero-order valence-corrected chi connectivity index (χ0v) is 11.6. The predicted molar refractivity (Wildman–Crippen MR) is 76.9 cm³/mol. The van der Waals surface area contributed by atoms with Gasteiger partial charge in [-0.25, -0.2) is 0 Å². The van der Waals surface area contributed by atoms with E-state index in [9.17, 15) is 4.79 Å². The lowest BCUT2D eigenvalue weighted by molar-refractivity contribution is -0.120. The molecule has 0 radical (unpaired) electrons. The zero-order valence-electron chi connectivity index (χ0n) is 11.6. The SMILES string of the molecule is Cc1ccc(NC(=O)[C@@H]2CC3(CC3)CN2C)c(N)c1. The molecule has 1 spiro atoms. The van der Waals surface area contributed by atoms with Crippen molar-refractivity contribution >= 4 is 17.3 Å². The summed E-state index contributed by atoms with van der Waals surface area (Å²) in [5.41, 5.74) is 8.84. The summed E-state index contributed by atoms with van der Waals surface area (Å²) in [5, 5.41) is 2.97. The zero-order chi connectivity index (χ0) is 13.6. The standard InChI is InChI=1S/C15H21N3O/c1-10-3-4-12(11(16)7-10)17-14(19)13-8-15(5-6-15)9-18(13)2/h3-4,7,13H,5-6,8-9,16H2,1-2H3,(H,17,19)/t13-/m0/s1. The smallest absolute Gasteiger partial charge is 0.241 e. The summed E-state index contributed by atoms with van der Waals surface area (Å²) in [7, 11) is 2.04. The van der Waals surface area contributed by atoms with Crippen LogP contribution < -0.4 is 11.1 Å². The fraction of sp³-hybridized carbons (Fsp3) is 0.533. The summed E-state index contributed by atoms with van der Waals surface area (Å²) in [6, 6.07) is 5.72. The van der Waals surface area contributed by atoms with E-state index in [0.29, 0.717) is 11.1 Å². The maximum absolute atomic E-state index is 12.4. The second kappa shape index (κ2) is 4.23. The molecule has 1 saturated heterocycles. The van der Waals surface area contributed by atoms with Crippen LogP contribution in [0.5, 0.6) is 0 Å². The summed E-state index contributed by atoms with van der Waals surface area (Å²) < 4.78 is 0. The van der Waals surface area contributed by atoms with Gasteiger partial charge in [0.25, 0.3) is 0 Å². The molecule has 3 N–H and O–H groups in total. The molecular weight excluding hydrogens is 238 g/mol. The Kier molecular flexibility index (Phi) is 2.78. The second-order valence-corrected chi connectivity index (χ2v) is 6.21. The fourth-order valence-electron chi connectivity index (χ4n) is 3.11. The van der Waals surface area contributed by atoms with Crippen LogP contribution in [0.25, 0.3) is 0 Å². The molecular formula is C15H21N3O. The minimum atomic E-state index is -0.0109. The van der Waals surface area contributed by atoms with Crippen molar-refractivity contribution in [2.45, 2.75) is 32.2 Å². The van der Waals surface area contributed by atoms with E-state index in [1.54, 1.807) is 0 Å². The highest BCUT2D eigenvalue weighted by Crippen LogP contribution is 2.54. The van der Waals surface area contributed by atoms with Crippen LogP contribution in [-0.4, -0.2) is 30.4 Å². The highest BCUT2D eigenvalue weighted by molar-refractivity contribution is 5.97. The quantitative estimate of drug-likeness (QED) is 0.799. The summed E-state index contributed by atoms with van der Waals surface area (Å²) in [6.07, 6.45) is 3.53. The Morgan fingerprint density at radius 2 is 2.21 bits per heavy atom. The Balaban J connectivity index is 1.71. The number of benzene rings is 1. The molecule has 4 heteroatoms. The second-order valence-electron chi connectivity index (χ2n) is 6.21. The predicted octanol–water partition coefficient (Wildman–Crippen LogP) is 2.00. The van der Waals surface area contributed by atoms with Crippen molar-refractivity contribution in [3.8, 4) is 0 Å². The number of hydrogen-bond donors (Lipinski definition) is 2. The third kappa shape index (κ3) is 2.32. The van der Waals surface area contributed by atoms with E-state index in [-0.39, 0.29) is 11.9 Å². The van der Waals surface area contributed by atoms with Crippen molar-refractivity contribution in [3.63, 3.8) is 0 Å². The van der Waals surface area contributed by atoms with Gasteiger partial charge < -0.3 is 11.1 Å². The Hall–Kier alpha value is -1.55. The summed E-state index contributed by atoms with van der Waals surface area (Å²) >= 11 is 0. The van der Waals surface area contributed by atoms with Gasteiger partial charge in [0.2, 0.25) is 5.91 Å². The Labute approximate surface area is 114 Å². The first kappa shape index (κ1) is 12.5. The van der Waals surface area contributed by atoms with Crippen molar-refractivity contribution in [1.29, 1.82) is 0 Å². The van der Waals surface area contributed by atoms with Crippen LogP contribution in [0.4, 0.5) is 11.4 Å². The summed E-state index contributed by atoms with van der Waals surface area (Å²) in [6.45, 7) is 3.04. The largest absolute Gasteiger partial charge is 0.397 e. The average molecular weight is 259 g/mol. The van der Waals surface area contributed by atoms with E-state index in [4.69, 9.17) is 5.73 Å². The van der Waals surface area contributed by atoms with Crippen molar-refractivity contribution in [2.24, 2.45) is 5.41 Å². The fourth-order valence-corrected chi connectivity index (χ4v) is 3.11. The van der Waals surface area contributed by atoms with Crippen LogP contribution in [0.15, 0.2) is 18.2 Å². The number of nitrogens with one attached hydrogen (secondary N) is 1. The normalized spacial score (nSPS) is 24.6. The van der Waals surface area contributed by atoms with Gasteiger partial charge in [-0.2, -0.15) is 0 Å². The van der Waals surface area contributed by atoms with Crippen molar-refractivity contribution < 1.29 is 4.79 Å². The number of anilines is 2. The first-order chi connectivity index (χ1) is 8.99. The molecule has 0 unspecified atom stereocenters. The molecule has 1 heterocycles. The van der Waals surface area contributed by atoms with E-state index in [1.165, 1.54) is 12.8 Å². The van der Waals surface area contributed by atoms with Crippen LogP contribution in [0.1, 0.15) is 24.8 Å². The van der Waals surface area contributed by atoms with E-state index >= 15 is 0 Å². The van der Waals surface area contributed by atoms with Crippen molar-refractivity contribution in [1.82, 2.24) is 4.90 Å². The molecule has 2 aliphatic rings. The molecule has 1 aliphatic carbocycles. The topological polar surface area (TPSA) is 58.4 Å². The minimum Gasteiger partial charge on any atom is -0.397 e. The van der Waals surface area contributed by atoms with Crippen LogP contribution in [-0.2, 0) is 4.79 Å². The lowest BCUT2D eigenvalue weighted by Gasteiger charge is -2.19. The first-order valence-electron chi connectivity index (χ1n) is 6.86. The van der Waals surface area contributed by atoms with Crippen LogP contribution >= 0.6 is 0 Å². The minimum absolute atomic E-state index is 0.0109. The van der Waals surface area contributed by atoms with Crippen molar-refractivity contribution in [3.05, 3.63) is 23.8 Å². The molecule has 19 heavy (non-hydrogen) atoms. The van der Waals surface area contributed by atoms with Crippen LogP contribution in [0.3, 0.4) is 0 Å². The number of nitrogens with zero attached hydrogens (tertiary/aromatic N) is 1. The molecule has 4 nitrogen and oxygen atoms in total. The summed E-state index contributed by atoms with van der Waals surface area (Å²) in [4.78, 5) is 14.5. The van der Waals surface area contributed by atoms with Crippen LogP contribution in [0.2, 0.25) is 0 Å². The van der Waals surface area contributed by atoms with Gasteiger partial charge in [-0.1, -0.05) is 6.07 Å². The number of hydrogen-bond acceptors (Lipinski definition) is 3. The number of carbonyl (C=O) groups excluding carboxylic acids is 1. The number of nitrogen functional groups attached to an aromatic ring is 1. The van der Waals surface area contributed by atoms with Gasteiger partial charge >= 0.3 is 0 Å². The number of nitrogens with two attached hydrogens (primary N) is 1. The maximum atomic E-state index is 12.4. The number of aryl methyl sites for hydroxylation is 1. The Morgan fingerprint density at radius 1 is 1.47 bits per heavy atom. The molecule has 1 aromatic rings. The number of amides is 1.